The maximum absolute atomic E-state index is 5.70. The summed E-state index contributed by atoms with van der Waals surface area (Å²) in [5.74, 6) is 0. The lowest BCUT2D eigenvalue weighted by molar-refractivity contribution is -0.0284. The smallest absolute Gasteiger partial charge is 0.0637 e. The summed E-state index contributed by atoms with van der Waals surface area (Å²) < 4.78 is 5.70. The molecular weight excluding hydrogens is 212 g/mol. The van der Waals surface area contributed by atoms with Gasteiger partial charge in [0.15, 0.2) is 0 Å². The van der Waals surface area contributed by atoms with Gasteiger partial charge in [0.25, 0.3) is 0 Å². The minimum absolute atomic E-state index is 0.479. The van der Waals surface area contributed by atoms with Crippen LogP contribution >= 0.6 is 0 Å². The van der Waals surface area contributed by atoms with E-state index in [0.29, 0.717) is 17.5 Å². The maximum Gasteiger partial charge on any atom is 0.0637 e. The van der Waals surface area contributed by atoms with Gasteiger partial charge >= 0.3 is 0 Å². The third-order valence-electron chi connectivity index (χ3n) is 4.19. The van der Waals surface area contributed by atoms with Crippen molar-refractivity contribution in [1.29, 1.82) is 0 Å². The van der Waals surface area contributed by atoms with Crippen LogP contribution in [0.5, 0.6) is 0 Å². The minimum Gasteiger partial charge on any atom is -0.380 e. The molecule has 0 saturated carbocycles. The first-order valence-corrected chi connectivity index (χ1v) is 7.17. The lowest BCUT2D eigenvalue weighted by atomic mass is 9.83. The van der Waals surface area contributed by atoms with Gasteiger partial charge in [-0.1, -0.05) is 20.8 Å². The monoisotopic (exact) mass is 240 g/mol. The molecule has 0 aromatic rings. The van der Waals surface area contributed by atoms with E-state index >= 15 is 0 Å². The Bertz CT molecular complexity index is 240. The highest BCUT2D eigenvalue weighted by atomic mass is 16.5. The number of ether oxygens (including phenoxy) is 1. The highest BCUT2D eigenvalue weighted by Gasteiger charge is 2.35. The fraction of sp³-hybridized carbons (Fsp3) is 1.00. The molecule has 2 aliphatic heterocycles. The Morgan fingerprint density at radius 2 is 2.24 bits per heavy atom. The van der Waals surface area contributed by atoms with Crippen molar-refractivity contribution in [2.75, 3.05) is 32.8 Å². The number of hydrogen-bond acceptors (Lipinski definition) is 3. The summed E-state index contributed by atoms with van der Waals surface area (Å²) in [5.41, 5.74) is 0.479. The number of hydrogen-bond donors (Lipinski definition) is 1. The molecule has 100 valence electrons. The molecule has 0 amide bonds. The van der Waals surface area contributed by atoms with Crippen LogP contribution in [0.2, 0.25) is 0 Å². The van der Waals surface area contributed by atoms with Crippen LogP contribution in [0.1, 0.15) is 40.0 Å². The van der Waals surface area contributed by atoms with E-state index in [0.717, 1.165) is 26.2 Å². The number of nitrogens with zero attached hydrogens (tertiary/aromatic N) is 1. The number of likely N-dealkylation sites (N-methyl/N-ethyl adjacent to an activating group) is 1. The van der Waals surface area contributed by atoms with Gasteiger partial charge in [-0.3, -0.25) is 4.90 Å². The second-order valence-corrected chi connectivity index (χ2v) is 6.33. The normalized spacial score (nSPS) is 34.8. The van der Waals surface area contributed by atoms with Gasteiger partial charge in [0.2, 0.25) is 0 Å². The summed E-state index contributed by atoms with van der Waals surface area (Å²) in [6.07, 6.45) is 3.86. The molecule has 0 bridgehead atoms. The van der Waals surface area contributed by atoms with Crippen molar-refractivity contribution in [2.24, 2.45) is 5.41 Å². The van der Waals surface area contributed by atoms with Crippen molar-refractivity contribution in [2.45, 2.75) is 52.1 Å². The van der Waals surface area contributed by atoms with Crippen LogP contribution in [0.4, 0.5) is 0 Å². The van der Waals surface area contributed by atoms with Gasteiger partial charge in [0, 0.05) is 25.2 Å². The summed E-state index contributed by atoms with van der Waals surface area (Å²) in [7, 11) is 0. The van der Waals surface area contributed by atoms with Gasteiger partial charge < -0.3 is 10.1 Å². The Hall–Kier alpha value is -0.120. The zero-order valence-electron chi connectivity index (χ0n) is 11.7. The summed E-state index contributed by atoms with van der Waals surface area (Å²) >= 11 is 0. The summed E-state index contributed by atoms with van der Waals surface area (Å²) in [6, 6.07) is 1.21. The maximum atomic E-state index is 5.70. The van der Waals surface area contributed by atoms with E-state index in [1.165, 1.54) is 25.9 Å². The molecule has 2 heterocycles. The highest BCUT2D eigenvalue weighted by Crippen LogP contribution is 2.31. The Labute approximate surface area is 106 Å². The molecule has 17 heavy (non-hydrogen) atoms. The Morgan fingerprint density at radius 1 is 1.41 bits per heavy atom. The number of piperidine rings is 1. The van der Waals surface area contributed by atoms with Crippen LogP contribution in [0.15, 0.2) is 0 Å². The van der Waals surface area contributed by atoms with E-state index < -0.39 is 0 Å². The number of rotatable bonds is 3. The molecule has 0 aromatic heterocycles. The van der Waals surface area contributed by atoms with Crippen LogP contribution in [0.25, 0.3) is 0 Å². The SMILES string of the molecule is CCNC1CCOCC1N1CCCC(C)(C)C1. The summed E-state index contributed by atoms with van der Waals surface area (Å²) in [6.45, 7) is 12.4. The molecule has 1 N–H and O–H groups in total. The van der Waals surface area contributed by atoms with Crippen molar-refractivity contribution >= 4 is 0 Å². The van der Waals surface area contributed by atoms with Crippen LogP contribution in [0, 0.1) is 5.41 Å². The molecule has 0 aromatic carbocycles. The van der Waals surface area contributed by atoms with Crippen molar-refractivity contribution in [3.8, 4) is 0 Å². The minimum atomic E-state index is 0.479. The Kier molecular flexibility index (Phi) is 4.45. The fourth-order valence-electron chi connectivity index (χ4n) is 3.33. The molecule has 2 unspecified atom stereocenters. The van der Waals surface area contributed by atoms with E-state index in [4.69, 9.17) is 4.74 Å². The van der Waals surface area contributed by atoms with E-state index in [9.17, 15) is 0 Å². The molecule has 2 saturated heterocycles. The van der Waals surface area contributed by atoms with Crippen molar-refractivity contribution in [3.63, 3.8) is 0 Å². The van der Waals surface area contributed by atoms with Gasteiger partial charge in [-0.05, 0) is 37.8 Å². The first-order chi connectivity index (χ1) is 8.12. The fourth-order valence-corrected chi connectivity index (χ4v) is 3.33. The first kappa shape index (κ1) is 13.3. The quantitative estimate of drug-likeness (QED) is 0.815. The lowest BCUT2D eigenvalue weighted by Gasteiger charge is -2.46. The van der Waals surface area contributed by atoms with E-state index in [-0.39, 0.29) is 0 Å². The van der Waals surface area contributed by atoms with Gasteiger partial charge in [-0.2, -0.15) is 0 Å². The topological polar surface area (TPSA) is 24.5 Å². The average Bonchev–Trinajstić information content (AvgIpc) is 2.29. The van der Waals surface area contributed by atoms with Crippen molar-refractivity contribution in [1.82, 2.24) is 10.2 Å². The molecule has 2 atom stereocenters. The molecule has 2 fully saturated rings. The number of likely N-dealkylation sites (tertiary alicyclic amines) is 1. The molecule has 0 aliphatic carbocycles. The highest BCUT2D eigenvalue weighted by molar-refractivity contribution is 4.91. The van der Waals surface area contributed by atoms with Crippen LogP contribution in [-0.2, 0) is 4.74 Å². The van der Waals surface area contributed by atoms with Gasteiger partial charge in [-0.15, -0.1) is 0 Å². The third kappa shape index (κ3) is 3.43. The van der Waals surface area contributed by atoms with Gasteiger partial charge in [-0.25, -0.2) is 0 Å². The van der Waals surface area contributed by atoms with Gasteiger partial charge in [0.05, 0.1) is 6.61 Å². The predicted molar refractivity (Wildman–Crippen MR) is 71.3 cm³/mol. The second-order valence-electron chi connectivity index (χ2n) is 6.33. The zero-order chi connectivity index (χ0) is 12.3. The Balaban J connectivity index is 1.98. The first-order valence-electron chi connectivity index (χ1n) is 7.17. The average molecular weight is 240 g/mol. The standard InChI is InChI=1S/C14H28N2O/c1-4-15-12-6-9-17-10-13(12)16-8-5-7-14(2,3)11-16/h12-13,15H,4-11H2,1-3H3. The van der Waals surface area contributed by atoms with Crippen molar-refractivity contribution in [3.05, 3.63) is 0 Å². The molecule has 2 aliphatic rings. The van der Waals surface area contributed by atoms with E-state index in [1.807, 2.05) is 0 Å². The molecular formula is C14H28N2O. The molecule has 2 rings (SSSR count). The Morgan fingerprint density at radius 3 is 2.94 bits per heavy atom. The van der Waals surface area contributed by atoms with Crippen LogP contribution < -0.4 is 5.32 Å². The van der Waals surface area contributed by atoms with Crippen LogP contribution in [-0.4, -0.2) is 49.8 Å². The second kappa shape index (κ2) is 5.68. The molecule has 0 spiro atoms. The number of nitrogens with one attached hydrogen (secondary N) is 1. The molecule has 0 radical (unpaired) electrons. The largest absolute Gasteiger partial charge is 0.380 e. The predicted octanol–water partition coefficient (Wildman–Crippen LogP) is 1.88. The van der Waals surface area contributed by atoms with Crippen molar-refractivity contribution < 1.29 is 4.74 Å². The summed E-state index contributed by atoms with van der Waals surface area (Å²) in [5, 5.41) is 3.64. The molecule has 3 nitrogen and oxygen atoms in total. The van der Waals surface area contributed by atoms with E-state index in [1.54, 1.807) is 0 Å². The summed E-state index contributed by atoms with van der Waals surface area (Å²) in [4.78, 5) is 2.66. The molecule has 3 heteroatoms. The third-order valence-corrected chi connectivity index (χ3v) is 4.19. The van der Waals surface area contributed by atoms with Crippen LogP contribution in [0.3, 0.4) is 0 Å². The van der Waals surface area contributed by atoms with E-state index in [2.05, 4.69) is 31.0 Å². The van der Waals surface area contributed by atoms with Gasteiger partial charge in [0.1, 0.15) is 0 Å². The zero-order valence-corrected chi connectivity index (χ0v) is 11.7. The lowest BCUT2D eigenvalue weighted by Crippen LogP contribution is -2.58.